The minimum atomic E-state index is -0.362. The van der Waals surface area contributed by atoms with Gasteiger partial charge in [0.25, 0.3) is 11.8 Å². The third-order valence-electron chi connectivity index (χ3n) is 3.93. The van der Waals surface area contributed by atoms with Gasteiger partial charge in [-0.2, -0.15) is 0 Å². The third-order valence-corrected chi connectivity index (χ3v) is 5.69. The van der Waals surface area contributed by atoms with Crippen molar-refractivity contribution in [2.45, 2.75) is 97.9 Å². The summed E-state index contributed by atoms with van der Waals surface area (Å²) in [6, 6.07) is 3.53. The lowest BCUT2D eigenvalue weighted by Gasteiger charge is -1.98. The van der Waals surface area contributed by atoms with Crippen LogP contribution in [0.15, 0.2) is 44.9 Å². The molecular weight excluding hydrogens is 569 g/mol. The molecule has 0 bridgehead atoms. The Morgan fingerprint density at radius 3 is 1.48 bits per heavy atom. The molecule has 0 atom stereocenters. The molecular formula is C32H60N4O4S2. The highest BCUT2D eigenvalue weighted by Crippen LogP contribution is 2.15. The summed E-state index contributed by atoms with van der Waals surface area (Å²) < 4.78 is 0.589. The van der Waals surface area contributed by atoms with Crippen LogP contribution in [0.2, 0.25) is 0 Å². The van der Waals surface area contributed by atoms with Gasteiger partial charge in [-0.25, -0.2) is 0 Å². The van der Waals surface area contributed by atoms with Gasteiger partial charge in [-0.1, -0.05) is 97.9 Å². The van der Waals surface area contributed by atoms with Crippen LogP contribution in [0.1, 0.15) is 119 Å². The van der Waals surface area contributed by atoms with E-state index in [2.05, 4.69) is 20.6 Å². The summed E-state index contributed by atoms with van der Waals surface area (Å²) in [6.07, 6.45) is 2.89. The molecule has 244 valence electrons. The summed E-state index contributed by atoms with van der Waals surface area (Å²) in [6.45, 7) is 24.0. The van der Waals surface area contributed by atoms with Gasteiger partial charge >= 0.3 is 0 Å². The van der Waals surface area contributed by atoms with E-state index in [4.69, 9.17) is 0 Å². The molecule has 0 spiro atoms. The number of hydrogen-bond acceptors (Lipinski definition) is 6. The number of aromatic nitrogens is 2. The van der Waals surface area contributed by atoms with Gasteiger partial charge in [0.15, 0.2) is 0 Å². The van der Waals surface area contributed by atoms with Crippen molar-refractivity contribution in [3.05, 3.63) is 66.9 Å². The van der Waals surface area contributed by atoms with Crippen LogP contribution in [0.25, 0.3) is 20.4 Å². The van der Waals surface area contributed by atoms with Crippen molar-refractivity contribution in [2.24, 2.45) is 0 Å². The number of hydrogen-bond donors (Lipinski definition) is 4. The van der Waals surface area contributed by atoms with E-state index in [1.807, 2.05) is 99.9 Å². The highest BCUT2D eigenvalue weighted by atomic mass is 32.1. The molecule has 10 heteroatoms. The average molecular weight is 629 g/mol. The Labute approximate surface area is 263 Å². The molecule has 0 saturated carbocycles. The van der Waals surface area contributed by atoms with Crippen LogP contribution in [0, 0.1) is 0 Å². The zero-order valence-electron chi connectivity index (χ0n) is 26.9. The van der Waals surface area contributed by atoms with Crippen LogP contribution in [0.5, 0.6) is 0 Å². The van der Waals surface area contributed by atoms with Crippen molar-refractivity contribution >= 4 is 54.9 Å². The Morgan fingerprint density at radius 1 is 0.619 bits per heavy atom. The molecule has 4 N–H and O–H groups in total. The molecule has 8 nitrogen and oxygen atoms in total. The maximum absolute atomic E-state index is 11.7. The van der Waals surface area contributed by atoms with E-state index in [1.165, 1.54) is 49.2 Å². The normalized spacial score (nSPS) is 7.76. The van der Waals surface area contributed by atoms with Crippen LogP contribution in [-0.2, 0) is 0 Å². The standard InChI is InChI=1S/2C9H8N2O2S.6C2H6.2CH4/c1-10-9(13)5-4-11-6-2-3-14-8(6)7(5)12;1-10-8(13)6-4-11-9-5(7(6)12)2-3-14-9;6*1-2;;/h2*2-4H,1H3,(H,10,13)(H,11,12);6*1-2H3;2*1H4. The molecule has 0 aliphatic carbocycles. The molecule has 2 amide bonds. The highest BCUT2D eigenvalue weighted by Gasteiger charge is 2.12. The average Bonchev–Trinajstić information content (AvgIpc) is 3.74. The highest BCUT2D eigenvalue weighted by molar-refractivity contribution is 7.17. The SMILES string of the molecule is C.C.CC.CC.CC.CC.CC.CC.CNC(=O)c1c[nH]c2ccsc2c1=O.CNC(=O)c1c[nH]c2sccc2c1=O. The molecule has 4 heterocycles. The second-order valence-electron chi connectivity index (χ2n) is 5.55. The molecule has 4 rings (SSSR count). The molecule has 42 heavy (non-hydrogen) atoms. The topological polar surface area (TPSA) is 124 Å². The van der Waals surface area contributed by atoms with Crippen LogP contribution in [-0.4, -0.2) is 35.9 Å². The fraction of sp³-hybridized carbons (Fsp3) is 0.500. The molecule has 0 radical (unpaired) electrons. The van der Waals surface area contributed by atoms with Gasteiger partial charge in [-0.15, -0.1) is 22.7 Å². The second kappa shape index (κ2) is 34.0. The zero-order valence-corrected chi connectivity index (χ0v) is 28.5. The number of amides is 2. The Balaban J connectivity index is -0.000000110. The van der Waals surface area contributed by atoms with Crippen molar-refractivity contribution in [3.63, 3.8) is 0 Å². The first-order valence-electron chi connectivity index (χ1n) is 14.1. The van der Waals surface area contributed by atoms with E-state index in [9.17, 15) is 19.2 Å². The van der Waals surface area contributed by atoms with Crippen molar-refractivity contribution in [1.82, 2.24) is 20.6 Å². The second-order valence-corrected chi connectivity index (χ2v) is 7.38. The van der Waals surface area contributed by atoms with E-state index in [1.54, 1.807) is 6.07 Å². The zero-order chi connectivity index (χ0) is 32.3. The molecule has 0 aromatic carbocycles. The van der Waals surface area contributed by atoms with E-state index in [0.717, 1.165) is 10.3 Å². The number of H-pyrrole nitrogens is 2. The quantitative estimate of drug-likeness (QED) is 0.177. The molecule has 0 aliphatic rings. The Kier molecular flexibility index (Phi) is 41.6. The van der Waals surface area contributed by atoms with E-state index in [0.29, 0.717) is 10.1 Å². The van der Waals surface area contributed by atoms with Gasteiger partial charge in [-0.05, 0) is 22.9 Å². The van der Waals surface area contributed by atoms with Crippen LogP contribution >= 0.6 is 22.7 Å². The molecule has 0 saturated heterocycles. The fourth-order valence-corrected chi connectivity index (χ4v) is 4.06. The number of fused-ring (bicyclic) bond motifs is 2. The van der Waals surface area contributed by atoms with Gasteiger partial charge in [0.05, 0.1) is 15.6 Å². The number of carbonyl (C=O) groups is 2. The Hall–Kier alpha value is -3.24. The number of thiophene rings is 2. The van der Waals surface area contributed by atoms with E-state index < -0.39 is 0 Å². The van der Waals surface area contributed by atoms with Crippen molar-refractivity contribution in [1.29, 1.82) is 0 Å². The van der Waals surface area contributed by atoms with Gasteiger partial charge in [-0.3, -0.25) is 19.2 Å². The first kappa shape index (κ1) is 51.5. The minimum absolute atomic E-state index is 0. The molecule has 0 aliphatic heterocycles. The first-order chi connectivity index (χ1) is 19.5. The summed E-state index contributed by atoms with van der Waals surface area (Å²) in [5, 5.41) is 9.05. The maximum atomic E-state index is 11.7. The Morgan fingerprint density at radius 2 is 1.02 bits per heavy atom. The van der Waals surface area contributed by atoms with Crippen molar-refractivity contribution in [3.8, 4) is 0 Å². The first-order valence-corrected chi connectivity index (χ1v) is 15.9. The molecule has 4 aromatic heterocycles. The maximum Gasteiger partial charge on any atom is 0.256 e. The summed E-state index contributed by atoms with van der Waals surface area (Å²) in [5.41, 5.74) is 0.640. The lowest BCUT2D eigenvalue weighted by atomic mass is 10.2. The van der Waals surface area contributed by atoms with Gasteiger partial charge in [0.1, 0.15) is 16.0 Å². The Bertz CT molecular complexity index is 1190. The smallest absolute Gasteiger partial charge is 0.256 e. The largest absolute Gasteiger partial charge is 0.359 e. The summed E-state index contributed by atoms with van der Waals surface area (Å²) in [4.78, 5) is 52.6. The summed E-state index contributed by atoms with van der Waals surface area (Å²) in [5.74, 6) is -0.721. The molecule has 4 aromatic rings. The summed E-state index contributed by atoms with van der Waals surface area (Å²) >= 11 is 2.77. The van der Waals surface area contributed by atoms with Crippen molar-refractivity contribution in [2.75, 3.05) is 14.1 Å². The van der Waals surface area contributed by atoms with Crippen LogP contribution in [0.4, 0.5) is 0 Å². The molecule has 0 fully saturated rings. The predicted octanol–water partition coefficient (Wildman–Crippen LogP) is 9.33. The lowest BCUT2D eigenvalue weighted by molar-refractivity contribution is 0.0954. The van der Waals surface area contributed by atoms with Crippen LogP contribution < -0.4 is 21.5 Å². The third kappa shape index (κ3) is 15.7. The summed E-state index contributed by atoms with van der Waals surface area (Å²) in [7, 11) is 3.00. The van der Waals surface area contributed by atoms with Gasteiger partial charge in [0, 0.05) is 26.5 Å². The monoisotopic (exact) mass is 628 g/mol. The van der Waals surface area contributed by atoms with E-state index >= 15 is 0 Å². The number of pyridine rings is 2. The van der Waals surface area contributed by atoms with Gasteiger partial charge in [0.2, 0.25) is 10.9 Å². The van der Waals surface area contributed by atoms with Crippen LogP contribution in [0.3, 0.4) is 0 Å². The van der Waals surface area contributed by atoms with E-state index in [-0.39, 0.29) is 48.7 Å². The lowest BCUT2D eigenvalue weighted by Crippen LogP contribution is -2.25. The van der Waals surface area contributed by atoms with Crippen molar-refractivity contribution < 1.29 is 9.59 Å². The predicted molar refractivity (Wildman–Crippen MR) is 193 cm³/mol. The molecule has 0 unspecified atom stereocenters. The number of carbonyl (C=O) groups excluding carboxylic acids is 2. The number of nitrogens with one attached hydrogen (secondary N) is 4. The minimum Gasteiger partial charge on any atom is -0.359 e. The fourth-order valence-electron chi connectivity index (χ4n) is 2.49. The number of aromatic amines is 2. The number of rotatable bonds is 2. The van der Waals surface area contributed by atoms with Gasteiger partial charge < -0.3 is 20.6 Å².